The molecule has 0 saturated heterocycles. The van der Waals surface area contributed by atoms with Crippen molar-refractivity contribution in [1.82, 2.24) is 15.1 Å². The minimum Gasteiger partial charge on any atom is -0.368 e. The van der Waals surface area contributed by atoms with Crippen LogP contribution in [0, 0.1) is 0 Å². The van der Waals surface area contributed by atoms with Crippen molar-refractivity contribution in [3.8, 4) is 0 Å². The lowest BCUT2D eigenvalue weighted by molar-refractivity contribution is -0.124. The first-order valence-corrected chi connectivity index (χ1v) is 5.70. The smallest absolute Gasteiger partial charge is 0.238 e. The van der Waals surface area contributed by atoms with Crippen LogP contribution < -0.4 is 11.1 Å². The standard InChI is InChI=1S/C11H26N4O/c1-6-13-11(2,10(12)16)9-15(5)8-7-14(3)4/h13H,6-9H2,1-5H3,(H2,12,16). The molecular weight excluding hydrogens is 204 g/mol. The third-order valence-corrected chi connectivity index (χ3v) is 2.63. The minimum atomic E-state index is -0.643. The van der Waals surface area contributed by atoms with Crippen LogP contribution in [0.3, 0.4) is 0 Å². The second-order valence-corrected chi connectivity index (χ2v) is 4.77. The van der Waals surface area contributed by atoms with E-state index in [9.17, 15) is 4.79 Å². The Labute approximate surface area is 99.0 Å². The summed E-state index contributed by atoms with van der Waals surface area (Å²) in [5.74, 6) is -0.300. The van der Waals surface area contributed by atoms with Crippen molar-refractivity contribution in [2.24, 2.45) is 5.73 Å². The number of nitrogens with zero attached hydrogens (tertiary/aromatic N) is 2. The second-order valence-electron chi connectivity index (χ2n) is 4.77. The van der Waals surface area contributed by atoms with Crippen LogP contribution >= 0.6 is 0 Å². The summed E-state index contributed by atoms with van der Waals surface area (Å²) in [4.78, 5) is 15.6. The summed E-state index contributed by atoms with van der Waals surface area (Å²) >= 11 is 0. The van der Waals surface area contributed by atoms with Crippen LogP contribution in [0.1, 0.15) is 13.8 Å². The Morgan fingerprint density at radius 1 is 1.31 bits per heavy atom. The third-order valence-electron chi connectivity index (χ3n) is 2.63. The fraction of sp³-hybridized carbons (Fsp3) is 0.909. The number of rotatable bonds is 8. The van der Waals surface area contributed by atoms with Crippen molar-refractivity contribution in [2.45, 2.75) is 19.4 Å². The van der Waals surface area contributed by atoms with Gasteiger partial charge in [0.1, 0.15) is 5.54 Å². The molecule has 3 N–H and O–H groups in total. The molecule has 0 aromatic rings. The minimum absolute atomic E-state index is 0.300. The van der Waals surface area contributed by atoms with Crippen LogP contribution in [0.25, 0.3) is 0 Å². The maximum Gasteiger partial charge on any atom is 0.238 e. The number of hydrogen-bond acceptors (Lipinski definition) is 4. The molecule has 0 saturated carbocycles. The molecule has 0 aromatic heterocycles. The van der Waals surface area contributed by atoms with E-state index in [1.807, 2.05) is 35.0 Å². The molecule has 5 heteroatoms. The average molecular weight is 230 g/mol. The van der Waals surface area contributed by atoms with Crippen molar-refractivity contribution in [3.63, 3.8) is 0 Å². The summed E-state index contributed by atoms with van der Waals surface area (Å²) in [6.45, 7) is 7.08. The summed E-state index contributed by atoms with van der Waals surface area (Å²) in [5, 5.41) is 3.15. The highest BCUT2D eigenvalue weighted by atomic mass is 16.1. The molecule has 0 bridgehead atoms. The van der Waals surface area contributed by atoms with Crippen LogP contribution in [0.5, 0.6) is 0 Å². The molecule has 0 aliphatic heterocycles. The first kappa shape index (κ1) is 15.3. The fourth-order valence-corrected chi connectivity index (χ4v) is 1.60. The summed E-state index contributed by atoms with van der Waals surface area (Å²) in [6.07, 6.45) is 0. The maximum absolute atomic E-state index is 11.4. The molecule has 0 aromatic carbocycles. The monoisotopic (exact) mass is 230 g/mol. The molecule has 1 unspecified atom stereocenters. The third kappa shape index (κ3) is 5.44. The summed E-state index contributed by atoms with van der Waals surface area (Å²) in [7, 11) is 6.07. The SMILES string of the molecule is CCNC(C)(CN(C)CCN(C)C)C(N)=O. The van der Waals surface area contributed by atoms with E-state index in [-0.39, 0.29) is 5.91 Å². The highest BCUT2D eigenvalue weighted by Gasteiger charge is 2.31. The van der Waals surface area contributed by atoms with Crippen molar-refractivity contribution >= 4 is 5.91 Å². The molecule has 96 valence electrons. The van der Waals surface area contributed by atoms with E-state index in [0.717, 1.165) is 19.6 Å². The maximum atomic E-state index is 11.4. The highest BCUT2D eigenvalue weighted by Crippen LogP contribution is 2.04. The zero-order chi connectivity index (χ0) is 12.8. The van der Waals surface area contributed by atoms with Gasteiger partial charge in [-0.2, -0.15) is 0 Å². The van der Waals surface area contributed by atoms with Gasteiger partial charge in [0.15, 0.2) is 0 Å². The molecule has 0 aliphatic carbocycles. The first-order chi connectivity index (χ1) is 7.31. The Hall–Kier alpha value is -0.650. The molecule has 16 heavy (non-hydrogen) atoms. The van der Waals surface area contributed by atoms with Crippen LogP contribution in [0.2, 0.25) is 0 Å². The fourth-order valence-electron chi connectivity index (χ4n) is 1.60. The quantitative estimate of drug-likeness (QED) is 0.581. The lowest BCUT2D eigenvalue weighted by Gasteiger charge is -2.32. The second kappa shape index (κ2) is 6.83. The number of nitrogens with one attached hydrogen (secondary N) is 1. The summed E-state index contributed by atoms with van der Waals surface area (Å²) < 4.78 is 0. The molecule has 0 fully saturated rings. The van der Waals surface area contributed by atoms with E-state index in [4.69, 9.17) is 5.73 Å². The number of hydrogen-bond donors (Lipinski definition) is 2. The molecule has 1 atom stereocenters. The predicted molar refractivity (Wildman–Crippen MR) is 67.3 cm³/mol. The topological polar surface area (TPSA) is 61.6 Å². The van der Waals surface area contributed by atoms with Gasteiger partial charge < -0.3 is 20.9 Å². The predicted octanol–water partition coefficient (Wildman–Crippen LogP) is -0.667. The highest BCUT2D eigenvalue weighted by molar-refractivity contribution is 5.84. The van der Waals surface area contributed by atoms with E-state index in [2.05, 4.69) is 15.1 Å². The van der Waals surface area contributed by atoms with Gasteiger partial charge in [-0.1, -0.05) is 6.92 Å². The van der Waals surface area contributed by atoms with Gasteiger partial charge in [-0.25, -0.2) is 0 Å². The molecule has 1 amide bonds. The Morgan fingerprint density at radius 3 is 2.25 bits per heavy atom. The van der Waals surface area contributed by atoms with Gasteiger partial charge in [-0.15, -0.1) is 0 Å². The molecule has 0 aliphatic rings. The van der Waals surface area contributed by atoms with Crippen LogP contribution in [0.15, 0.2) is 0 Å². The van der Waals surface area contributed by atoms with Gasteiger partial charge in [0.05, 0.1) is 0 Å². The number of carbonyl (C=O) groups is 1. The Kier molecular flexibility index (Phi) is 6.55. The zero-order valence-corrected chi connectivity index (χ0v) is 11.2. The van der Waals surface area contributed by atoms with Gasteiger partial charge in [0.25, 0.3) is 0 Å². The molecule has 0 radical (unpaired) electrons. The number of carbonyl (C=O) groups excluding carboxylic acids is 1. The zero-order valence-electron chi connectivity index (χ0n) is 11.2. The van der Waals surface area contributed by atoms with Crippen molar-refractivity contribution in [1.29, 1.82) is 0 Å². The van der Waals surface area contributed by atoms with E-state index in [1.54, 1.807) is 0 Å². The Morgan fingerprint density at radius 2 is 1.88 bits per heavy atom. The number of amides is 1. The van der Waals surface area contributed by atoms with Gasteiger partial charge in [-0.05, 0) is 34.6 Å². The van der Waals surface area contributed by atoms with Crippen LogP contribution in [0.4, 0.5) is 0 Å². The van der Waals surface area contributed by atoms with Gasteiger partial charge in [0.2, 0.25) is 5.91 Å². The van der Waals surface area contributed by atoms with Crippen molar-refractivity contribution in [2.75, 3.05) is 47.3 Å². The average Bonchev–Trinajstić information content (AvgIpc) is 2.14. The largest absolute Gasteiger partial charge is 0.368 e. The van der Waals surface area contributed by atoms with Crippen LogP contribution in [-0.2, 0) is 4.79 Å². The number of primary amides is 1. The van der Waals surface area contributed by atoms with Gasteiger partial charge in [0, 0.05) is 19.6 Å². The number of likely N-dealkylation sites (N-methyl/N-ethyl adjacent to an activating group) is 3. The first-order valence-electron chi connectivity index (χ1n) is 5.70. The molecular formula is C11H26N4O. The molecule has 0 rings (SSSR count). The van der Waals surface area contributed by atoms with Gasteiger partial charge in [-0.3, -0.25) is 4.79 Å². The normalized spacial score (nSPS) is 15.4. The van der Waals surface area contributed by atoms with Crippen molar-refractivity contribution < 1.29 is 4.79 Å². The summed E-state index contributed by atoms with van der Waals surface area (Å²) in [5.41, 5.74) is 4.78. The van der Waals surface area contributed by atoms with E-state index in [1.165, 1.54) is 0 Å². The lowest BCUT2D eigenvalue weighted by atomic mass is 10.0. The Balaban J connectivity index is 4.23. The van der Waals surface area contributed by atoms with E-state index < -0.39 is 5.54 Å². The summed E-state index contributed by atoms with van der Waals surface area (Å²) in [6, 6.07) is 0. The molecule has 0 spiro atoms. The Bertz CT molecular complexity index is 220. The molecule has 5 nitrogen and oxygen atoms in total. The lowest BCUT2D eigenvalue weighted by Crippen LogP contribution is -2.59. The van der Waals surface area contributed by atoms with Crippen molar-refractivity contribution in [3.05, 3.63) is 0 Å². The number of nitrogens with two attached hydrogens (primary N) is 1. The van der Waals surface area contributed by atoms with E-state index in [0.29, 0.717) is 6.54 Å². The van der Waals surface area contributed by atoms with E-state index >= 15 is 0 Å². The molecule has 0 heterocycles. The van der Waals surface area contributed by atoms with Gasteiger partial charge >= 0.3 is 0 Å². The van der Waals surface area contributed by atoms with Crippen LogP contribution in [-0.4, -0.2) is 68.6 Å².